The largest absolute Gasteiger partial charge is 0.368 e. The molecule has 7 heteroatoms. The Morgan fingerprint density at radius 3 is 2.19 bits per heavy atom. The molecule has 0 aliphatic carbocycles. The molecule has 5 nitrogen and oxygen atoms in total. The Morgan fingerprint density at radius 2 is 1.58 bits per heavy atom. The zero-order chi connectivity index (χ0) is 18.5. The fraction of sp³-hybridized carbons (Fsp3) is 0.263. The third-order valence-electron chi connectivity index (χ3n) is 4.26. The molecule has 0 unspecified atom stereocenters. The summed E-state index contributed by atoms with van der Waals surface area (Å²) in [5, 5.41) is 3.27. The minimum Gasteiger partial charge on any atom is -0.368 e. The van der Waals surface area contributed by atoms with Gasteiger partial charge in [-0.25, -0.2) is 4.39 Å². The van der Waals surface area contributed by atoms with E-state index < -0.39 is 0 Å². The van der Waals surface area contributed by atoms with Gasteiger partial charge in [0.25, 0.3) is 0 Å². The fourth-order valence-corrected chi connectivity index (χ4v) is 2.98. The number of anilines is 2. The van der Waals surface area contributed by atoms with Gasteiger partial charge in [0.05, 0.1) is 0 Å². The van der Waals surface area contributed by atoms with Crippen LogP contribution in [0.2, 0.25) is 5.02 Å². The first-order valence-corrected chi connectivity index (χ1v) is 8.73. The molecule has 136 valence electrons. The summed E-state index contributed by atoms with van der Waals surface area (Å²) in [4.78, 5) is 28.1. The number of carbonyl (C=O) groups is 2. The molecule has 0 spiro atoms. The van der Waals surface area contributed by atoms with E-state index in [0.717, 1.165) is 5.69 Å². The van der Waals surface area contributed by atoms with E-state index in [4.69, 9.17) is 11.6 Å². The molecule has 3 rings (SSSR count). The number of benzene rings is 2. The highest BCUT2D eigenvalue weighted by atomic mass is 35.5. The van der Waals surface area contributed by atoms with E-state index in [9.17, 15) is 14.0 Å². The van der Waals surface area contributed by atoms with Crippen molar-refractivity contribution in [3.63, 3.8) is 0 Å². The van der Waals surface area contributed by atoms with Gasteiger partial charge in [-0.3, -0.25) is 9.59 Å². The summed E-state index contributed by atoms with van der Waals surface area (Å²) in [5.74, 6) is -0.817. The normalized spacial score (nSPS) is 14.2. The van der Waals surface area contributed by atoms with Crippen LogP contribution in [0.1, 0.15) is 6.42 Å². The number of carbonyl (C=O) groups excluding carboxylic acids is 2. The van der Waals surface area contributed by atoms with Crippen LogP contribution in [0.3, 0.4) is 0 Å². The van der Waals surface area contributed by atoms with Crippen molar-refractivity contribution in [3.05, 3.63) is 59.4 Å². The van der Waals surface area contributed by atoms with E-state index >= 15 is 0 Å². The number of hydrogen-bond acceptors (Lipinski definition) is 3. The molecule has 1 heterocycles. The van der Waals surface area contributed by atoms with Crippen LogP contribution < -0.4 is 10.2 Å². The van der Waals surface area contributed by atoms with Gasteiger partial charge in [0.15, 0.2) is 0 Å². The highest BCUT2D eigenvalue weighted by Crippen LogP contribution is 2.17. The first-order chi connectivity index (χ1) is 12.5. The van der Waals surface area contributed by atoms with Gasteiger partial charge in [0.2, 0.25) is 11.8 Å². The Hall–Kier alpha value is -2.60. The molecule has 0 saturated carbocycles. The second-order valence-corrected chi connectivity index (χ2v) is 6.51. The van der Waals surface area contributed by atoms with Crippen LogP contribution in [0.25, 0.3) is 0 Å². The summed E-state index contributed by atoms with van der Waals surface area (Å²) in [6.07, 6.45) is -0.195. The Balaban J connectivity index is 1.48. The molecular weight excluding hydrogens is 357 g/mol. The average molecular weight is 376 g/mol. The first-order valence-electron chi connectivity index (χ1n) is 8.35. The van der Waals surface area contributed by atoms with Crippen molar-refractivity contribution in [2.75, 3.05) is 36.4 Å². The number of amides is 2. The van der Waals surface area contributed by atoms with Crippen LogP contribution in [-0.2, 0) is 9.59 Å². The Morgan fingerprint density at radius 1 is 0.962 bits per heavy atom. The molecule has 0 radical (unpaired) electrons. The summed E-state index contributed by atoms with van der Waals surface area (Å²) in [5.41, 5.74) is 1.53. The van der Waals surface area contributed by atoms with Gasteiger partial charge in [-0.1, -0.05) is 11.6 Å². The van der Waals surface area contributed by atoms with Crippen LogP contribution in [-0.4, -0.2) is 42.9 Å². The Labute approximate surface area is 156 Å². The topological polar surface area (TPSA) is 52.7 Å². The van der Waals surface area contributed by atoms with E-state index in [1.165, 1.54) is 12.1 Å². The van der Waals surface area contributed by atoms with Gasteiger partial charge in [-0.15, -0.1) is 0 Å². The number of halogens is 2. The summed E-state index contributed by atoms with van der Waals surface area (Å²) in [6.45, 7) is 2.36. The van der Waals surface area contributed by atoms with Crippen molar-refractivity contribution in [1.29, 1.82) is 0 Å². The zero-order valence-electron chi connectivity index (χ0n) is 14.1. The second-order valence-electron chi connectivity index (χ2n) is 6.08. The van der Waals surface area contributed by atoms with Crippen molar-refractivity contribution < 1.29 is 14.0 Å². The lowest BCUT2D eigenvalue weighted by molar-refractivity contribution is -0.134. The lowest BCUT2D eigenvalue weighted by atomic mass is 10.2. The van der Waals surface area contributed by atoms with Crippen LogP contribution in [0.15, 0.2) is 48.5 Å². The molecule has 1 aliphatic rings. The molecule has 0 aromatic heterocycles. The molecule has 2 aromatic rings. The maximum Gasteiger partial charge on any atom is 0.233 e. The molecule has 1 aliphatic heterocycles. The molecule has 0 bridgehead atoms. The standard InChI is InChI=1S/C19H19ClFN3O2/c20-14-1-5-16(6-2-14)22-18(25)13-19(26)24-11-9-23(10-12-24)17-7-3-15(21)4-8-17/h1-8H,9-13H2,(H,22,25). The van der Waals surface area contributed by atoms with Gasteiger partial charge < -0.3 is 15.1 Å². The fourth-order valence-electron chi connectivity index (χ4n) is 2.85. The summed E-state index contributed by atoms with van der Waals surface area (Å²) in [7, 11) is 0. The van der Waals surface area contributed by atoms with Crippen molar-refractivity contribution in [2.24, 2.45) is 0 Å². The highest BCUT2D eigenvalue weighted by Gasteiger charge is 2.23. The molecule has 1 saturated heterocycles. The quantitative estimate of drug-likeness (QED) is 0.835. The SMILES string of the molecule is O=C(CC(=O)N1CCN(c2ccc(F)cc2)CC1)Nc1ccc(Cl)cc1. The molecular formula is C19H19ClFN3O2. The maximum absolute atomic E-state index is 13.0. The Bertz CT molecular complexity index is 772. The van der Waals surface area contributed by atoms with Crippen LogP contribution in [0.4, 0.5) is 15.8 Å². The minimum atomic E-state index is -0.349. The predicted molar refractivity (Wildman–Crippen MR) is 99.9 cm³/mol. The molecule has 0 atom stereocenters. The van der Waals surface area contributed by atoms with E-state index in [-0.39, 0.29) is 24.1 Å². The van der Waals surface area contributed by atoms with Crippen molar-refractivity contribution >= 4 is 34.8 Å². The smallest absolute Gasteiger partial charge is 0.233 e. The lowest BCUT2D eigenvalue weighted by Crippen LogP contribution is -2.49. The summed E-state index contributed by atoms with van der Waals surface area (Å²) in [6, 6.07) is 13.0. The van der Waals surface area contributed by atoms with Crippen molar-refractivity contribution in [3.8, 4) is 0 Å². The summed E-state index contributed by atoms with van der Waals surface area (Å²) < 4.78 is 13.0. The van der Waals surface area contributed by atoms with Crippen molar-refractivity contribution in [1.82, 2.24) is 4.90 Å². The third-order valence-corrected chi connectivity index (χ3v) is 4.52. The average Bonchev–Trinajstić information content (AvgIpc) is 2.64. The first kappa shape index (κ1) is 18.2. The van der Waals surface area contributed by atoms with E-state index in [2.05, 4.69) is 10.2 Å². The van der Waals surface area contributed by atoms with E-state index in [0.29, 0.717) is 36.9 Å². The highest BCUT2D eigenvalue weighted by molar-refractivity contribution is 6.30. The van der Waals surface area contributed by atoms with Crippen molar-refractivity contribution in [2.45, 2.75) is 6.42 Å². The molecule has 1 N–H and O–H groups in total. The minimum absolute atomic E-state index is 0.195. The van der Waals surface area contributed by atoms with Gasteiger partial charge >= 0.3 is 0 Å². The Kier molecular flexibility index (Phi) is 5.73. The van der Waals surface area contributed by atoms with Gasteiger partial charge in [0.1, 0.15) is 12.2 Å². The van der Waals surface area contributed by atoms with Gasteiger partial charge in [-0.05, 0) is 48.5 Å². The number of nitrogens with zero attached hydrogens (tertiary/aromatic N) is 2. The number of nitrogens with one attached hydrogen (secondary N) is 1. The molecule has 2 aromatic carbocycles. The van der Waals surface area contributed by atoms with Gasteiger partial charge in [-0.2, -0.15) is 0 Å². The summed E-state index contributed by atoms with van der Waals surface area (Å²) >= 11 is 5.80. The number of hydrogen-bond donors (Lipinski definition) is 1. The van der Waals surface area contributed by atoms with Gasteiger partial charge in [0, 0.05) is 42.6 Å². The second kappa shape index (κ2) is 8.19. The number of piperazine rings is 1. The van der Waals surface area contributed by atoms with Crippen LogP contribution in [0, 0.1) is 5.82 Å². The van der Waals surface area contributed by atoms with Crippen LogP contribution >= 0.6 is 11.6 Å². The maximum atomic E-state index is 13.0. The van der Waals surface area contributed by atoms with E-state index in [1.54, 1.807) is 41.3 Å². The molecule has 2 amide bonds. The monoisotopic (exact) mass is 375 g/mol. The predicted octanol–water partition coefficient (Wildman–Crippen LogP) is 3.16. The third kappa shape index (κ3) is 4.73. The molecule has 26 heavy (non-hydrogen) atoms. The molecule has 1 fully saturated rings. The van der Waals surface area contributed by atoms with Crippen LogP contribution in [0.5, 0.6) is 0 Å². The number of rotatable bonds is 4. The zero-order valence-corrected chi connectivity index (χ0v) is 14.9. The van der Waals surface area contributed by atoms with E-state index in [1.807, 2.05) is 0 Å². The lowest BCUT2D eigenvalue weighted by Gasteiger charge is -2.36.